The van der Waals surface area contributed by atoms with E-state index in [1.807, 2.05) is 24.3 Å². The lowest BCUT2D eigenvalue weighted by Crippen LogP contribution is -2.16. The Morgan fingerprint density at radius 2 is 1.43 bits per heavy atom. The van der Waals surface area contributed by atoms with Crippen molar-refractivity contribution in [1.29, 1.82) is 0 Å². The van der Waals surface area contributed by atoms with Gasteiger partial charge in [-0.1, -0.05) is 32.9 Å². The highest BCUT2D eigenvalue weighted by molar-refractivity contribution is 5.68. The number of aromatic hydroxyl groups is 1. The van der Waals surface area contributed by atoms with Gasteiger partial charge in [-0.2, -0.15) is 0 Å². The minimum Gasteiger partial charge on any atom is -0.508 e. The molecule has 2 heteroatoms. The Bertz CT molecular complexity index is 664. The lowest BCUT2D eigenvalue weighted by molar-refractivity contribution is 0.387. The van der Waals surface area contributed by atoms with Gasteiger partial charge in [-0.15, -0.1) is 0 Å². The minimum atomic E-state index is -0.0393. The fourth-order valence-electron chi connectivity index (χ4n) is 2.17. The molecule has 0 amide bonds. The van der Waals surface area contributed by atoms with Crippen LogP contribution < -0.4 is 0 Å². The zero-order chi connectivity index (χ0) is 17.3. The second kappa shape index (κ2) is 6.19. The van der Waals surface area contributed by atoms with Gasteiger partial charge in [-0.05, 0) is 55.5 Å². The summed E-state index contributed by atoms with van der Waals surface area (Å²) in [6, 6.07) is 11.4. The molecule has 0 unspecified atom stereocenters. The number of phenolic OH excluding ortho intramolecular Hbond substituents is 1. The molecule has 0 atom stereocenters. The lowest BCUT2D eigenvalue weighted by Gasteiger charge is -2.19. The second-order valence-corrected chi connectivity index (χ2v) is 8.04. The molecule has 2 aromatic rings. The molecule has 1 N–H and O–H groups in total. The summed E-state index contributed by atoms with van der Waals surface area (Å²) in [5, 5.41) is 9.35. The molecule has 0 aliphatic carbocycles. The zero-order valence-electron chi connectivity index (χ0n) is 15.0. The molecule has 0 aliphatic heterocycles. The van der Waals surface area contributed by atoms with Gasteiger partial charge in [0.2, 0.25) is 0 Å². The van der Waals surface area contributed by atoms with Crippen LogP contribution in [0.25, 0.3) is 12.2 Å². The highest BCUT2D eigenvalue weighted by Crippen LogP contribution is 2.30. The first kappa shape index (κ1) is 17.3. The Morgan fingerprint density at radius 1 is 0.826 bits per heavy atom. The third-order valence-electron chi connectivity index (χ3n) is 3.75. The topological polar surface area (TPSA) is 31.5 Å². The molecule has 122 valence electrons. The van der Waals surface area contributed by atoms with Gasteiger partial charge in [0.25, 0.3) is 0 Å². The molecule has 1 aromatic heterocycles. The van der Waals surface area contributed by atoms with Crippen LogP contribution in [-0.2, 0) is 10.8 Å². The van der Waals surface area contributed by atoms with E-state index in [0.717, 1.165) is 17.1 Å². The fraction of sp³-hybridized carbons (Fsp3) is 0.381. The van der Waals surface area contributed by atoms with Gasteiger partial charge < -0.3 is 5.11 Å². The first-order chi connectivity index (χ1) is 10.6. The van der Waals surface area contributed by atoms with Crippen LogP contribution in [0.3, 0.4) is 0 Å². The first-order valence-corrected chi connectivity index (χ1v) is 8.02. The fourth-order valence-corrected chi connectivity index (χ4v) is 2.17. The molecule has 0 saturated carbocycles. The Kier molecular flexibility index (Phi) is 4.65. The first-order valence-electron chi connectivity index (χ1n) is 8.02. The maximum absolute atomic E-state index is 9.35. The largest absolute Gasteiger partial charge is 0.508 e. The van der Waals surface area contributed by atoms with Crippen LogP contribution in [0, 0.1) is 0 Å². The summed E-state index contributed by atoms with van der Waals surface area (Å²) in [5.74, 6) is 2.10. The van der Waals surface area contributed by atoms with E-state index in [9.17, 15) is 5.11 Å². The maximum Gasteiger partial charge on any atom is 0.353 e. The van der Waals surface area contributed by atoms with E-state index in [-0.39, 0.29) is 16.6 Å². The average Bonchev–Trinajstić information content (AvgIpc) is 2.44. The van der Waals surface area contributed by atoms with Crippen molar-refractivity contribution in [2.75, 3.05) is 0 Å². The van der Waals surface area contributed by atoms with E-state index in [2.05, 4.69) is 53.7 Å². The maximum atomic E-state index is 9.35. The Labute approximate surface area is 139 Å². The van der Waals surface area contributed by atoms with Crippen molar-refractivity contribution >= 4 is 12.2 Å². The molecule has 0 saturated heterocycles. The van der Waals surface area contributed by atoms with Crippen molar-refractivity contribution in [3.8, 4) is 5.75 Å². The minimum absolute atomic E-state index is 0.0393. The molecule has 0 aliphatic rings. The normalized spacial score (nSPS) is 12.8. The molecule has 0 radical (unpaired) electrons. The number of rotatable bonds is 2. The van der Waals surface area contributed by atoms with E-state index in [4.69, 9.17) is 4.42 Å². The summed E-state index contributed by atoms with van der Waals surface area (Å²) >= 11 is 0. The zero-order valence-corrected chi connectivity index (χ0v) is 15.0. The number of hydrogen-bond acceptors (Lipinski definition) is 1. The summed E-state index contributed by atoms with van der Waals surface area (Å²) in [7, 11) is 0. The van der Waals surface area contributed by atoms with Crippen molar-refractivity contribution < 1.29 is 9.52 Å². The summed E-state index contributed by atoms with van der Waals surface area (Å²) in [5.41, 5.74) is 2.32. The smallest absolute Gasteiger partial charge is 0.353 e. The van der Waals surface area contributed by atoms with Crippen molar-refractivity contribution in [2.45, 2.75) is 52.4 Å². The molecule has 0 fully saturated rings. The number of phenols is 1. The van der Waals surface area contributed by atoms with Crippen LogP contribution in [0.15, 0.2) is 40.8 Å². The quantitative estimate of drug-likeness (QED) is 0.686. The number of benzene rings is 1. The Morgan fingerprint density at radius 3 is 1.96 bits per heavy atom. The van der Waals surface area contributed by atoms with Crippen LogP contribution in [0.5, 0.6) is 5.75 Å². The standard InChI is InChI=1S/C21H26O2/c1-20(2,3)16-13-18(23-19(14-16)21(4,5)6)12-9-15-7-10-17(22)11-8-15/h7-14H,1-6H3/p+1. The van der Waals surface area contributed by atoms with Crippen LogP contribution >= 0.6 is 0 Å². The third-order valence-corrected chi connectivity index (χ3v) is 3.75. The van der Waals surface area contributed by atoms with Crippen LogP contribution in [-0.4, -0.2) is 5.11 Å². The van der Waals surface area contributed by atoms with Gasteiger partial charge in [0.05, 0.1) is 5.41 Å². The molecule has 1 aromatic carbocycles. The van der Waals surface area contributed by atoms with Gasteiger partial charge in [0, 0.05) is 18.2 Å². The van der Waals surface area contributed by atoms with Gasteiger partial charge in [0.15, 0.2) is 0 Å². The highest BCUT2D eigenvalue weighted by atomic mass is 16.3. The van der Waals surface area contributed by atoms with Crippen molar-refractivity contribution in [3.63, 3.8) is 0 Å². The summed E-state index contributed by atoms with van der Waals surface area (Å²) < 4.78 is 6.09. The van der Waals surface area contributed by atoms with Gasteiger partial charge in [-0.25, -0.2) is 4.42 Å². The van der Waals surface area contributed by atoms with Crippen molar-refractivity contribution in [2.24, 2.45) is 0 Å². The van der Waals surface area contributed by atoms with Crippen LogP contribution in [0.4, 0.5) is 0 Å². The second-order valence-electron chi connectivity index (χ2n) is 8.04. The molecule has 23 heavy (non-hydrogen) atoms. The van der Waals surface area contributed by atoms with Crippen LogP contribution in [0.1, 0.15) is 64.2 Å². The summed E-state index contributed by atoms with van der Waals surface area (Å²) in [4.78, 5) is 0. The third kappa shape index (κ3) is 4.69. The monoisotopic (exact) mass is 311 g/mol. The molecular formula is C21H27O2+. The van der Waals surface area contributed by atoms with Crippen molar-refractivity contribution in [1.82, 2.24) is 0 Å². The predicted octanol–water partition coefficient (Wildman–Crippen LogP) is 6.03. The Hall–Kier alpha value is -2.09. The van der Waals surface area contributed by atoms with Crippen LogP contribution in [0.2, 0.25) is 0 Å². The van der Waals surface area contributed by atoms with Gasteiger partial charge >= 0.3 is 11.5 Å². The van der Waals surface area contributed by atoms with E-state index in [1.165, 1.54) is 5.56 Å². The predicted molar refractivity (Wildman–Crippen MR) is 97.5 cm³/mol. The molecular weight excluding hydrogens is 284 g/mol. The molecule has 0 bridgehead atoms. The summed E-state index contributed by atoms with van der Waals surface area (Å²) in [6.07, 6.45) is 3.98. The van der Waals surface area contributed by atoms with Gasteiger partial charge in [-0.3, -0.25) is 0 Å². The molecule has 2 nitrogen and oxygen atoms in total. The SMILES string of the molecule is CC(C)(C)c1cc(C=Cc2ccc(O)cc2)[o+]c(C(C)(C)C)c1. The summed E-state index contributed by atoms with van der Waals surface area (Å²) in [6.45, 7) is 13.1. The molecule has 1 heterocycles. The van der Waals surface area contributed by atoms with E-state index < -0.39 is 0 Å². The number of hydrogen-bond donors (Lipinski definition) is 1. The van der Waals surface area contributed by atoms with E-state index in [1.54, 1.807) is 12.1 Å². The lowest BCUT2D eigenvalue weighted by atomic mass is 9.84. The molecule has 2 rings (SSSR count). The van der Waals surface area contributed by atoms with E-state index in [0.29, 0.717) is 0 Å². The highest BCUT2D eigenvalue weighted by Gasteiger charge is 2.30. The van der Waals surface area contributed by atoms with Crippen molar-refractivity contribution in [3.05, 3.63) is 59.0 Å². The average molecular weight is 311 g/mol. The van der Waals surface area contributed by atoms with Gasteiger partial charge in [0.1, 0.15) is 5.75 Å². The van der Waals surface area contributed by atoms with E-state index >= 15 is 0 Å². The Balaban J connectivity index is 2.43. The molecule has 0 spiro atoms.